The molecule has 0 spiro atoms. The molecule has 1 aliphatic rings. The van der Waals surface area contributed by atoms with Gasteiger partial charge >= 0.3 is 0 Å². The molecular formula is C18H21NO2S2. The average molecular weight is 348 g/mol. The Balaban J connectivity index is 1.65. The molecule has 0 radical (unpaired) electrons. The summed E-state index contributed by atoms with van der Waals surface area (Å²) in [5, 5.41) is 1.93. The lowest BCUT2D eigenvalue weighted by atomic mass is 10.2. The summed E-state index contributed by atoms with van der Waals surface area (Å²) in [5.74, 6) is 0.125. The van der Waals surface area contributed by atoms with Crippen LogP contribution in [-0.2, 0) is 15.6 Å². The molecule has 3 atom stereocenters. The third-order valence-electron chi connectivity index (χ3n) is 4.37. The standard InChI is InChI=1S/C18H21NO2S2/c1-14(15-7-3-2-4-8-15)23(21)13-18(20)19-11-5-9-16(19)17-10-6-12-22-17/h2-4,6-8,10,12,14,16H,5,9,11,13H2,1H3/t14-,16+,23-/m1/s1. The van der Waals surface area contributed by atoms with Crippen LogP contribution >= 0.6 is 11.3 Å². The lowest BCUT2D eigenvalue weighted by Crippen LogP contribution is -2.34. The van der Waals surface area contributed by atoms with Gasteiger partial charge in [-0.15, -0.1) is 11.3 Å². The van der Waals surface area contributed by atoms with Crippen molar-refractivity contribution in [2.45, 2.75) is 31.1 Å². The first kappa shape index (κ1) is 16.4. The predicted molar refractivity (Wildman–Crippen MR) is 95.9 cm³/mol. The fourth-order valence-electron chi connectivity index (χ4n) is 3.05. The molecule has 3 nitrogen and oxygen atoms in total. The van der Waals surface area contributed by atoms with Crippen LogP contribution in [0, 0.1) is 0 Å². The van der Waals surface area contributed by atoms with Crippen molar-refractivity contribution in [3.8, 4) is 0 Å². The van der Waals surface area contributed by atoms with Crippen molar-refractivity contribution >= 4 is 28.0 Å². The third kappa shape index (κ3) is 3.72. The van der Waals surface area contributed by atoms with Gasteiger partial charge in [0.1, 0.15) is 5.75 Å². The molecule has 5 heteroatoms. The van der Waals surface area contributed by atoms with Gasteiger partial charge in [-0.2, -0.15) is 0 Å². The molecule has 23 heavy (non-hydrogen) atoms. The topological polar surface area (TPSA) is 37.4 Å². The highest BCUT2D eigenvalue weighted by atomic mass is 32.2. The number of carbonyl (C=O) groups is 1. The lowest BCUT2D eigenvalue weighted by molar-refractivity contribution is -0.129. The zero-order chi connectivity index (χ0) is 16.2. The Morgan fingerprint density at radius 3 is 2.78 bits per heavy atom. The van der Waals surface area contributed by atoms with Gasteiger partial charge in [-0.25, -0.2) is 0 Å². The highest BCUT2D eigenvalue weighted by Gasteiger charge is 2.31. The molecule has 122 valence electrons. The van der Waals surface area contributed by atoms with E-state index in [2.05, 4.69) is 6.07 Å². The average Bonchev–Trinajstić information content (AvgIpc) is 3.25. The van der Waals surface area contributed by atoms with E-state index in [0.29, 0.717) is 0 Å². The van der Waals surface area contributed by atoms with Gasteiger partial charge in [0.15, 0.2) is 0 Å². The number of amides is 1. The van der Waals surface area contributed by atoms with Crippen molar-refractivity contribution < 1.29 is 9.00 Å². The number of thiophene rings is 1. The Hall–Kier alpha value is -1.46. The Morgan fingerprint density at radius 1 is 1.30 bits per heavy atom. The zero-order valence-corrected chi connectivity index (χ0v) is 14.8. The van der Waals surface area contributed by atoms with Crippen molar-refractivity contribution in [1.82, 2.24) is 4.90 Å². The second-order valence-electron chi connectivity index (χ2n) is 5.84. The maximum Gasteiger partial charge on any atom is 0.235 e. The number of hydrogen-bond donors (Lipinski definition) is 0. The van der Waals surface area contributed by atoms with Crippen LogP contribution in [-0.4, -0.2) is 27.3 Å². The molecule has 1 aliphatic heterocycles. The smallest absolute Gasteiger partial charge is 0.235 e. The van der Waals surface area contributed by atoms with E-state index in [0.717, 1.165) is 24.9 Å². The summed E-state index contributed by atoms with van der Waals surface area (Å²) >= 11 is 1.69. The maximum absolute atomic E-state index is 12.6. The fraction of sp³-hybridized carbons (Fsp3) is 0.389. The van der Waals surface area contributed by atoms with Crippen LogP contribution in [0.4, 0.5) is 0 Å². The van der Waals surface area contributed by atoms with E-state index in [9.17, 15) is 9.00 Å². The first-order valence-corrected chi connectivity index (χ1v) is 10.2. The minimum atomic E-state index is -1.19. The molecule has 1 saturated heterocycles. The van der Waals surface area contributed by atoms with Gasteiger partial charge in [-0.3, -0.25) is 9.00 Å². The van der Waals surface area contributed by atoms with Gasteiger partial charge in [0.25, 0.3) is 0 Å². The first-order chi connectivity index (χ1) is 11.2. The minimum Gasteiger partial charge on any atom is -0.334 e. The molecule has 0 aliphatic carbocycles. The Morgan fingerprint density at radius 2 is 2.09 bits per heavy atom. The van der Waals surface area contributed by atoms with Crippen molar-refractivity contribution in [3.63, 3.8) is 0 Å². The zero-order valence-electron chi connectivity index (χ0n) is 13.2. The van der Waals surface area contributed by atoms with Gasteiger partial charge < -0.3 is 4.90 Å². The summed E-state index contributed by atoms with van der Waals surface area (Å²) in [4.78, 5) is 15.8. The van der Waals surface area contributed by atoms with E-state index in [4.69, 9.17) is 0 Å². The van der Waals surface area contributed by atoms with E-state index in [1.165, 1.54) is 4.88 Å². The summed E-state index contributed by atoms with van der Waals surface area (Å²) in [6.45, 7) is 2.71. The van der Waals surface area contributed by atoms with Crippen molar-refractivity contribution in [3.05, 3.63) is 58.3 Å². The summed E-state index contributed by atoms with van der Waals surface area (Å²) in [5.41, 5.74) is 1.02. The second-order valence-corrected chi connectivity index (χ2v) is 8.58. The van der Waals surface area contributed by atoms with Crippen molar-refractivity contribution in [1.29, 1.82) is 0 Å². The Labute approximate surface area is 143 Å². The van der Waals surface area contributed by atoms with Crippen LogP contribution < -0.4 is 0 Å². The third-order valence-corrected chi connectivity index (χ3v) is 6.94. The summed E-state index contributed by atoms with van der Waals surface area (Å²) in [7, 11) is -1.19. The molecule has 3 rings (SSSR count). The monoisotopic (exact) mass is 347 g/mol. The molecule has 1 aromatic heterocycles. The molecule has 2 aromatic rings. The maximum atomic E-state index is 12.6. The SMILES string of the molecule is C[C@H](c1ccccc1)[S@](=O)CC(=O)N1CCC[C@H]1c1cccs1. The quantitative estimate of drug-likeness (QED) is 0.822. The van der Waals surface area contributed by atoms with Crippen LogP contribution in [0.15, 0.2) is 47.8 Å². The second kappa shape index (κ2) is 7.41. The number of likely N-dealkylation sites (tertiary alicyclic amines) is 1. The van der Waals surface area contributed by atoms with Crippen molar-refractivity contribution in [2.75, 3.05) is 12.3 Å². The van der Waals surface area contributed by atoms with Crippen LogP contribution in [0.3, 0.4) is 0 Å². The lowest BCUT2D eigenvalue weighted by Gasteiger charge is -2.24. The number of benzene rings is 1. The van der Waals surface area contributed by atoms with Gasteiger partial charge in [0.2, 0.25) is 5.91 Å². The summed E-state index contributed by atoms with van der Waals surface area (Å²) in [6, 6.07) is 14.1. The van der Waals surface area contributed by atoms with E-state index in [-0.39, 0.29) is 23.0 Å². The minimum absolute atomic E-state index is 0.0158. The first-order valence-electron chi connectivity index (χ1n) is 7.92. The molecule has 1 aromatic carbocycles. The Bertz CT molecular complexity index is 670. The molecule has 0 bridgehead atoms. The van der Waals surface area contributed by atoms with E-state index < -0.39 is 10.8 Å². The highest BCUT2D eigenvalue weighted by Crippen LogP contribution is 2.34. The predicted octanol–water partition coefficient (Wildman–Crippen LogP) is 3.92. The molecule has 1 amide bonds. The number of carbonyl (C=O) groups excluding carboxylic acids is 1. The van der Waals surface area contributed by atoms with Gasteiger partial charge in [0, 0.05) is 22.2 Å². The Kier molecular flexibility index (Phi) is 5.28. The van der Waals surface area contributed by atoms with Gasteiger partial charge in [-0.1, -0.05) is 36.4 Å². The number of rotatable bonds is 5. The number of hydrogen-bond acceptors (Lipinski definition) is 3. The summed E-state index contributed by atoms with van der Waals surface area (Å²) < 4.78 is 12.6. The fourth-order valence-corrected chi connectivity index (χ4v) is 5.04. The normalized spacial score (nSPS) is 20.4. The van der Waals surface area contributed by atoms with Crippen LogP contribution in [0.2, 0.25) is 0 Å². The molecule has 0 saturated carbocycles. The van der Waals surface area contributed by atoms with Crippen LogP contribution in [0.5, 0.6) is 0 Å². The van der Waals surface area contributed by atoms with E-state index in [1.54, 1.807) is 11.3 Å². The van der Waals surface area contributed by atoms with Gasteiger partial charge in [-0.05, 0) is 36.8 Å². The number of nitrogens with zero attached hydrogens (tertiary/aromatic N) is 1. The van der Waals surface area contributed by atoms with E-state index in [1.807, 2.05) is 53.6 Å². The molecule has 2 heterocycles. The van der Waals surface area contributed by atoms with E-state index >= 15 is 0 Å². The molecule has 1 fully saturated rings. The largest absolute Gasteiger partial charge is 0.334 e. The van der Waals surface area contributed by atoms with Gasteiger partial charge in [0.05, 0.1) is 11.3 Å². The van der Waals surface area contributed by atoms with Crippen LogP contribution in [0.25, 0.3) is 0 Å². The van der Waals surface area contributed by atoms with Crippen molar-refractivity contribution in [2.24, 2.45) is 0 Å². The molecule has 0 N–H and O–H groups in total. The molecular weight excluding hydrogens is 326 g/mol. The van der Waals surface area contributed by atoms with Crippen LogP contribution in [0.1, 0.15) is 41.5 Å². The highest BCUT2D eigenvalue weighted by molar-refractivity contribution is 7.86. The molecule has 0 unspecified atom stereocenters. The summed E-state index contributed by atoms with van der Waals surface area (Å²) in [6.07, 6.45) is 2.03.